The van der Waals surface area contributed by atoms with Crippen LogP contribution in [0.4, 0.5) is 0 Å². The molecule has 0 aromatic carbocycles. The van der Waals surface area contributed by atoms with E-state index in [-0.39, 0.29) is 13.0 Å². The van der Waals surface area contributed by atoms with Crippen molar-refractivity contribution in [1.82, 2.24) is 0 Å². The van der Waals surface area contributed by atoms with Crippen LogP contribution in [0.25, 0.3) is 0 Å². The van der Waals surface area contributed by atoms with Gasteiger partial charge < -0.3 is 25.2 Å². The third-order valence-corrected chi connectivity index (χ3v) is 10.6. The standard InChI is InChI=1S/C41H82NO9P/c1-3-5-7-9-11-13-15-17-18-19-20-22-24-26-28-30-32-34-48-35-38(36-49-52(46,47)50-37-39(42)41(44)45)51-40(43)33-31-29-27-25-23-21-16-14-12-10-8-6-4-2/h38-39H,3-37,42H2,1-2H3,(H,44,45)(H,46,47). The maximum Gasteiger partial charge on any atom is 0.472 e. The molecular weight excluding hydrogens is 681 g/mol. The highest BCUT2D eigenvalue weighted by Crippen LogP contribution is 2.43. The summed E-state index contributed by atoms with van der Waals surface area (Å²) in [5.41, 5.74) is 5.35. The summed E-state index contributed by atoms with van der Waals surface area (Å²) < 4.78 is 33.3. The monoisotopic (exact) mass is 764 g/mol. The number of nitrogens with two attached hydrogens (primary N) is 1. The molecule has 3 atom stereocenters. The number of phosphoric acid groups is 1. The zero-order chi connectivity index (χ0) is 38.4. The minimum atomic E-state index is -4.60. The van der Waals surface area contributed by atoms with E-state index >= 15 is 0 Å². The van der Waals surface area contributed by atoms with Crippen molar-refractivity contribution in [2.45, 2.75) is 225 Å². The van der Waals surface area contributed by atoms with Crippen molar-refractivity contribution in [3.8, 4) is 0 Å². The molecule has 0 saturated heterocycles. The first-order chi connectivity index (χ1) is 25.2. The summed E-state index contributed by atoms with van der Waals surface area (Å²) in [6, 6.07) is -1.47. The second kappa shape index (κ2) is 38.3. The highest BCUT2D eigenvalue weighted by molar-refractivity contribution is 7.47. The van der Waals surface area contributed by atoms with Gasteiger partial charge in [-0.2, -0.15) is 0 Å². The van der Waals surface area contributed by atoms with Gasteiger partial charge in [0.1, 0.15) is 12.1 Å². The molecule has 0 bridgehead atoms. The molecular formula is C41H82NO9P. The Labute approximate surface area is 319 Å². The second-order valence-corrected chi connectivity index (χ2v) is 16.3. The van der Waals surface area contributed by atoms with Gasteiger partial charge >= 0.3 is 19.8 Å². The zero-order valence-corrected chi connectivity index (χ0v) is 34.6. The number of carboxylic acid groups (broad SMARTS) is 1. The summed E-state index contributed by atoms with van der Waals surface area (Å²) in [5.74, 6) is -1.77. The molecule has 0 aliphatic rings. The van der Waals surface area contributed by atoms with E-state index in [2.05, 4.69) is 13.8 Å². The van der Waals surface area contributed by atoms with Gasteiger partial charge in [0, 0.05) is 13.0 Å². The molecule has 0 aromatic rings. The molecule has 52 heavy (non-hydrogen) atoms. The van der Waals surface area contributed by atoms with Crippen LogP contribution in [0.15, 0.2) is 0 Å². The molecule has 4 N–H and O–H groups in total. The van der Waals surface area contributed by atoms with Crippen molar-refractivity contribution in [2.75, 3.05) is 26.4 Å². The van der Waals surface area contributed by atoms with Gasteiger partial charge in [0.05, 0.1) is 19.8 Å². The summed E-state index contributed by atoms with van der Waals surface area (Å²) in [6.45, 7) is 3.92. The number of unbranched alkanes of at least 4 members (excludes halogenated alkanes) is 28. The topological polar surface area (TPSA) is 155 Å². The van der Waals surface area contributed by atoms with Crippen LogP contribution in [0.5, 0.6) is 0 Å². The first-order valence-electron chi connectivity index (χ1n) is 21.6. The van der Waals surface area contributed by atoms with E-state index in [1.807, 2.05) is 0 Å². The second-order valence-electron chi connectivity index (χ2n) is 14.8. The first kappa shape index (κ1) is 51.0. The van der Waals surface area contributed by atoms with E-state index in [9.17, 15) is 19.0 Å². The first-order valence-corrected chi connectivity index (χ1v) is 23.1. The van der Waals surface area contributed by atoms with Gasteiger partial charge in [-0.15, -0.1) is 0 Å². The number of phosphoric ester groups is 1. The summed E-state index contributed by atoms with van der Waals surface area (Å²) in [6.07, 6.45) is 37.2. The van der Waals surface area contributed by atoms with Crippen LogP contribution in [0.2, 0.25) is 0 Å². The van der Waals surface area contributed by atoms with Crippen LogP contribution in [0.3, 0.4) is 0 Å². The maximum absolute atomic E-state index is 12.6. The van der Waals surface area contributed by atoms with Crippen molar-refractivity contribution in [1.29, 1.82) is 0 Å². The van der Waals surface area contributed by atoms with Crippen LogP contribution in [-0.4, -0.2) is 60.5 Å². The zero-order valence-electron chi connectivity index (χ0n) is 33.7. The van der Waals surface area contributed by atoms with Crippen LogP contribution < -0.4 is 5.73 Å². The van der Waals surface area contributed by atoms with E-state index in [1.165, 1.54) is 154 Å². The van der Waals surface area contributed by atoms with Gasteiger partial charge in [-0.05, 0) is 12.8 Å². The van der Waals surface area contributed by atoms with Crippen molar-refractivity contribution in [3.05, 3.63) is 0 Å². The van der Waals surface area contributed by atoms with Gasteiger partial charge in [-0.25, -0.2) is 4.57 Å². The molecule has 0 aliphatic carbocycles. The van der Waals surface area contributed by atoms with E-state index < -0.39 is 45.1 Å². The van der Waals surface area contributed by atoms with E-state index in [0.717, 1.165) is 38.5 Å². The number of rotatable bonds is 42. The quantitative estimate of drug-likeness (QED) is 0.0311. The predicted molar refractivity (Wildman–Crippen MR) is 213 cm³/mol. The minimum absolute atomic E-state index is 0.0256. The highest BCUT2D eigenvalue weighted by Gasteiger charge is 2.27. The van der Waals surface area contributed by atoms with Crippen LogP contribution in [0, 0.1) is 0 Å². The molecule has 310 valence electrons. The van der Waals surface area contributed by atoms with Crippen molar-refractivity contribution in [3.63, 3.8) is 0 Å². The summed E-state index contributed by atoms with van der Waals surface area (Å²) >= 11 is 0. The number of carbonyl (C=O) groups is 2. The molecule has 3 unspecified atom stereocenters. The Morgan fingerprint density at radius 2 is 0.885 bits per heavy atom. The van der Waals surface area contributed by atoms with Gasteiger partial charge in [0.25, 0.3) is 0 Å². The average Bonchev–Trinajstić information content (AvgIpc) is 3.12. The Bertz CT molecular complexity index is 847. The fourth-order valence-corrected chi connectivity index (χ4v) is 7.03. The smallest absolute Gasteiger partial charge is 0.472 e. The Kier molecular flexibility index (Phi) is 37.5. The molecule has 0 spiro atoms. The number of carboxylic acids is 1. The number of hydrogen-bond acceptors (Lipinski definition) is 8. The lowest BCUT2D eigenvalue weighted by Crippen LogP contribution is -2.34. The fourth-order valence-electron chi connectivity index (χ4n) is 6.25. The van der Waals surface area contributed by atoms with Gasteiger partial charge in [0.15, 0.2) is 0 Å². The summed E-state index contributed by atoms with van der Waals surface area (Å²) in [4.78, 5) is 33.5. The lowest BCUT2D eigenvalue weighted by Gasteiger charge is -2.20. The van der Waals surface area contributed by atoms with E-state index in [0.29, 0.717) is 6.61 Å². The van der Waals surface area contributed by atoms with Crippen molar-refractivity contribution in [2.24, 2.45) is 5.73 Å². The van der Waals surface area contributed by atoms with Crippen molar-refractivity contribution < 1.29 is 42.7 Å². The minimum Gasteiger partial charge on any atom is -0.480 e. The Hall–Kier alpha value is -1.03. The largest absolute Gasteiger partial charge is 0.480 e. The molecule has 0 amide bonds. The van der Waals surface area contributed by atoms with Crippen molar-refractivity contribution >= 4 is 19.8 Å². The number of carbonyl (C=O) groups excluding carboxylic acids is 1. The number of aliphatic carboxylic acids is 1. The molecule has 0 aliphatic heterocycles. The number of ether oxygens (including phenoxy) is 2. The fraction of sp³-hybridized carbons (Fsp3) is 0.951. The molecule has 0 rings (SSSR count). The molecule has 0 radical (unpaired) electrons. The predicted octanol–water partition coefficient (Wildman–Crippen LogP) is 11.6. The molecule has 0 fully saturated rings. The van der Waals surface area contributed by atoms with Gasteiger partial charge in [-0.1, -0.05) is 194 Å². The van der Waals surface area contributed by atoms with Gasteiger partial charge in [-0.3, -0.25) is 18.6 Å². The van der Waals surface area contributed by atoms with Crippen LogP contribution in [-0.2, 0) is 32.7 Å². The molecule has 0 aromatic heterocycles. The Morgan fingerprint density at radius 1 is 0.538 bits per heavy atom. The van der Waals surface area contributed by atoms with Crippen LogP contribution in [0.1, 0.15) is 213 Å². The highest BCUT2D eigenvalue weighted by atomic mass is 31.2. The normalized spacial score (nSPS) is 13.9. The van der Waals surface area contributed by atoms with Gasteiger partial charge in [0.2, 0.25) is 0 Å². The molecule has 11 heteroatoms. The van der Waals surface area contributed by atoms with E-state index in [4.69, 9.17) is 29.4 Å². The molecule has 0 saturated carbocycles. The third kappa shape index (κ3) is 37.3. The maximum atomic E-state index is 12.6. The van der Waals surface area contributed by atoms with Crippen LogP contribution >= 0.6 is 7.82 Å². The lowest BCUT2D eigenvalue weighted by atomic mass is 10.0. The SMILES string of the molecule is CCCCCCCCCCCCCCCCCCCOCC(COP(=O)(O)OCC(N)C(=O)O)OC(=O)CCCCCCCCCCCCCCC. The average molecular weight is 764 g/mol. The molecule has 0 heterocycles. The van der Waals surface area contributed by atoms with E-state index in [1.54, 1.807) is 0 Å². The lowest BCUT2D eigenvalue weighted by molar-refractivity contribution is -0.154. The molecule has 10 nitrogen and oxygen atoms in total. The number of esters is 1. The Morgan fingerprint density at radius 3 is 1.27 bits per heavy atom. The summed E-state index contributed by atoms with van der Waals surface area (Å²) in [5, 5.41) is 8.88. The third-order valence-electron chi connectivity index (χ3n) is 9.64. The number of hydrogen-bond donors (Lipinski definition) is 3. The Balaban J connectivity index is 4.18. The summed E-state index contributed by atoms with van der Waals surface area (Å²) in [7, 11) is -4.60.